The molecule has 0 aliphatic carbocycles. The van der Waals surface area contributed by atoms with E-state index in [-0.39, 0.29) is 23.0 Å². The zero-order valence-corrected chi connectivity index (χ0v) is 16.8. The van der Waals surface area contributed by atoms with E-state index < -0.39 is 10.8 Å². The van der Waals surface area contributed by atoms with Gasteiger partial charge in [0.15, 0.2) is 0 Å². The third-order valence-corrected chi connectivity index (χ3v) is 4.86. The number of methoxy groups -OCH3 is 1. The average Bonchev–Trinajstić information content (AvgIpc) is 2.71. The minimum atomic E-state index is -0.500. The van der Waals surface area contributed by atoms with Crippen molar-refractivity contribution in [1.29, 1.82) is 0 Å². The van der Waals surface area contributed by atoms with Crippen molar-refractivity contribution < 1.29 is 14.5 Å². The van der Waals surface area contributed by atoms with Crippen LogP contribution in [0.2, 0.25) is 0 Å². The van der Waals surface area contributed by atoms with Crippen LogP contribution in [0.15, 0.2) is 54.6 Å². The number of fused-ring (bicyclic) bond motifs is 1. The Hall–Kier alpha value is -3.61. The van der Waals surface area contributed by atoms with Crippen LogP contribution in [0.3, 0.4) is 0 Å². The van der Waals surface area contributed by atoms with Gasteiger partial charge in [-0.1, -0.05) is 42.5 Å². The molecule has 0 saturated heterocycles. The van der Waals surface area contributed by atoms with Crippen molar-refractivity contribution in [3.05, 3.63) is 75.8 Å². The van der Waals surface area contributed by atoms with E-state index in [1.807, 2.05) is 49.4 Å². The van der Waals surface area contributed by atoms with Gasteiger partial charge < -0.3 is 15.0 Å². The maximum Gasteiger partial charge on any atom is 0.293 e. The van der Waals surface area contributed by atoms with E-state index in [0.29, 0.717) is 5.69 Å². The maximum absolute atomic E-state index is 13.0. The molecule has 0 aliphatic rings. The van der Waals surface area contributed by atoms with Crippen molar-refractivity contribution in [2.24, 2.45) is 0 Å². The molecule has 7 nitrogen and oxygen atoms in total. The van der Waals surface area contributed by atoms with Gasteiger partial charge in [0.2, 0.25) is 0 Å². The number of nitrogens with one attached hydrogen (secondary N) is 1. The molecular formula is C22H23N3O4. The molecule has 1 atom stereocenters. The molecule has 0 saturated carbocycles. The number of hydrogen-bond donors (Lipinski definition) is 1. The minimum Gasteiger partial charge on any atom is -0.496 e. The summed E-state index contributed by atoms with van der Waals surface area (Å²) in [5.74, 6) is -0.155. The number of nitrogens with zero attached hydrogens (tertiary/aromatic N) is 2. The average molecular weight is 393 g/mol. The first-order chi connectivity index (χ1) is 13.8. The number of benzene rings is 3. The largest absolute Gasteiger partial charge is 0.496 e. The van der Waals surface area contributed by atoms with Gasteiger partial charge in [0.1, 0.15) is 11.4 Å². The Kier molecular flexibility index (Phi) is 5.68. The molecule has 1 amide bonds. The fourth-order valence-electron chi connectivity index (χ4n) is 3.39. The topological polar surface area (TPSA) is 84.7 Å². The van der Waals surface area contributed by atoms with Gasteiger partial charge in [-0.25, -0.2) is 0 Å². The van der Waals surface area contributed by atoms with Gasteiger partial charge in [0, 0.05) is 26.2 Å². The molecule has 7 heteroatoms. The lowest BCUT2D eigenvalue weighted by Gasteiger charge is -2.19. The summed E-state index contributed by atoms with van der Waals surface area (Å²) < 4.78 is 5.34. The zero-order chi connectivity index (χ0) is 21.1. The number of amides is 1. The number of rotatable bonds is 6. The quantitative estimate of drug-likeness (QED) is 0.498. The van der Waals surface area contributed by atoms with Gasteiger partial charge >= 0.3 is 0 Å². The molecule has 29 heavy (non-hydrogen) atoms. The highest BCUT2D eigenvalue weighted by molar-refractivity contribution is 5.99. The maximum atomic E-state index is 13.0. The van der Waals surface area contributed by atoms with Gasteiger partial charge in [0.25, 0.3) is 11.6 Å². The van der Waals surface area contributed by atoms with Crippen LogP contribution in [0.4, 0.5) is 11.4 Å². The normalized spacial score (nSPS) is 11.7. The molecule has 0 unspecified atom stereocenters. The second-order valence-electron chi connectivity index (χ2n) is 6.96. The fraction of sp³-hybridized carbons (Fsp3) is 0.227. The number of nitro groups is 1. The Morgan fingerprint density at radius 1 is 1.14 bits per heavy atom. The SMILES string of the molecule is COc1cc(N(C)C)c([N+](=O)[O-])cc1C(=O)N[C@@H](C)c1cccc2ccccc12. The lowest BCUT2D eigenvalue weighted by atomic mass is 9.99. The molecule has 0 aliphatic heterocycles. The summed E-state index contributed by atoms with van der Waals surface area (Å²) >= 11 is 0. The van der Waals surface area contributed by atoms with Crippen molar-refractivity contribution >= 4 is 28.1 Å². The molecule has 0 radical (unpaired) electrons. The molecule has 3 aromatic carbocycles. The molecule has 3 rings (SSSR count). The fourth-order valence-corrected chi connectivity index (χ4v) is 3.39. The van der Waals surface area contributed by atoms with Crippen molar-refractivity contribution in [1.82, 2.24) is 5.32 Å². The van der Waals surface area contributed by atoms with Gasteiger partial charge in [0.05, 0.1) is 23.6 Å². The van der Waals surface area contributed by atoms with E-state index in [4.69, 9.17) is 4.74 Å². The summed E-state index contributed by atoms with van der Waals surface area (Å²) in [6.45, 7) is 1.88. The first-order valence-corrected chi connectivity index (χ1v) is 9.15. The van der Waals surface area contributed by atoms with Crippen molar-refractivity contribution in [3.8, 4) is 5.75 Å². The Bertz CT molecular complexity index is 1070. The summed E-state index contributed by atoms with van der Waals surface area (Å²) in [7, 11) is 4.83. The second-order valence-corrected chi connectivity index (χ2v) is 6.96. The summed E-state index contributed by atoms with van der Waals surface area (Å²) in [4.78, 5) is 25.6. The summed E-state index contributed by atoms with van der Waals surface area (Å²) in [6.07, 6.45) is 0. The highest BCUT2D eigenvalue weighted by atomic mass is 16.6. The van der Waals surface area contributed by atoms with Crippen molar-refractivity contribution in [2.75, 3.05) is 26.1 Å². The number of anilines is 1. The zero-order valence-electron chi connectivity index (χ0n) is 16.8. The van der Waals surface area contributed by atoms with Crippen LogP contribution in [0.5, 0.6) is 5.75 Å². The van der Waals surface area contributed by atoms with Crippen LogP contribution < -0.4 is 15.0 Å². The Morgan fingerprint density at radius 2 is 1.83 bits per heavy atom. The first-order valence-electron chi connectivity index (χ1n) is 9.15. The summed E-state index contributed by atoms with van der Waals surface area (Å²) in [5, 5.41) is 16.6. The molecule has 0 heterocycles. The summed E-state index contributed by atoms with van der Waals surface area (Å²) in [6, 6.07) is 16.3. The molecule has 0 fully saturated rings. The standard InChI is InChI=1S/C22H23N3O4/c1-14(16-11-7-9-15-8-5-6-10-17(15)16)23-22(26)18-12-20(25(27)28)19(24(2)3)13-21(18)29-4/h5-14H,1-4H3,(H,23,26)/t14-/m0/s1. The molecule has 150 valence electrons. The smallest absolute Gasteiger partial charge is 0.293 e. The lowest BCUT2D eigenvalue weighted by Crippen LogP contribution is -2.27. The molecule has 0 aromatic heterocycles. The van der Waals surface area contributed by atoms with Crippen LogP contribution in [-0.4, -0.2) is 32.0 Å². The number of carbonyl (C=O) groups excluding carboxylic acids is 1. The first kappa shape index (κ1) is 20.1. The lowest BCUT2D eigenvalue weighted by molar-refractivity contribution is -0.384. The Morgan fingerprint density at radius 3 is 2.48 bits per heavy atom. The minimum absolute atomic E-state index is 0.122. The van der Waals surface area contributed by atoms with E-state index in [1.165, 1.54) is 19.2 Å². The predicted octanol–water partition coefficient (Wildman–Crippen LogP) is 4.31. The van der Waals surface area contributed by atoms with Gasteiger partial charge in [-0.3, -0.25) is 14.9 Å². The van der Waals surface area contributed by atoms with Crippen molar-refractivity contribution in [3.63, 3.8) is 0 Å². The van der Waals surface area contributed by atoms with E-state index >= 15 is 0 Å². The van der Waals surface area contributed by atoms with E-state index in [2.05, 4.69) is 5.32 Å². The van der Waals surface area contributed by atoms with E-state index in [0.717, 1.165) is 16.3 Å². The predicted molar refractivity (Wildman–Crippen MR) is 114 cm³/mol. The molecule has 0 bridgehead atoms. The van der Waals surface area contributed by atoms with Gasteiger partial charge in [-0.15, -0.1) is 0 Å². The molecule has 3 aromatic rings. The molecule has 0 spiro atoms. The second kappa shape index (κ2) is 8.18. The highest BCUT2D eigenvalue weighted by Gasteiger charge is 2.24. The third kappa shape index (κ3) is 3.99. The van der Waals surface area contributed by atoms with Crippen LogP contribution in [0.1, 0.15) is 28.9 Å². The summed E-state index contributed by atoms with van der Waals surface area (Å²) in [5.41, 5.74) is 1.30. The number of carbonyl (C=O) groups is 1. The number of ether oxygens (including phenoxy) is 1. The third-order valence-electron chi connectivity index (χ3n) is 4.86. The van der Waals surface area contributed by atoms with Crippen LogP contribution >= 0.6 is 0 Å². The van der Waals surface area contributed by atoms with E-state index in [1.54, 1.807) is 19.0 Å². The van der Waals surface area contributed by atoms with Gasteiger partial charge in [-0.05, 0) is 23.3 Å². The van der Waals surface area contributed by atoms with Crippen LogP contribution in [-0.2, 0) is 0 Å². The number of hydrogen-bond acceptors (Lipinski definition) is 5. The number of nitro benzene ring substituents is 1. The van der Waals surface area contributed by atoms with Gasteiger partial charge in [-0.2, -0.15) is 0 Å². The Labute approximate surface area is 169 Å². The van der Waals surface area contributed by atoms with E-state index in [9.17, 15) is 14.9 Å². The highest BCUT2D eigenvalue weighted by Crippen LogP contribution is 2.35. The Balaban J connectivity index is 1.97. The molecular weight excluding hydrogens is 370 g/mol. The monoisotopic (exact) mass is 393 g/mol. The molecule has 1 N–H and O–H groups in total. The van der Waals surface area contributed by atoms with Crippen LogP contribution in [0, 0.1) is 10.1 Å². The van der Waals surface area contributed by atoms with Crippen molar-refractivity contribution in [2.45, 2.75) is 13.0 Å². The van der Waals surface area contributed by atoms with Crippen LogP contribution in [0.25, 0.3) is 10.8 Å².